The van der Waals surface area contributed by atoms with Crippen LogP contribution in [0.4, 0.5) is 0 Å². The van der Waals surface area contributed by atoms with Crippen molar-refractivity contribution < 1.29 is 28.6 Å². The van der Waals surface area contributed by atoms with Gasteiger partial charge in [-0.1, -0.05) is 212 Å². The maximum absolute atomic E-state index is 12.7. The average molecular weight is 803 g/mol. The molecule has 0 heterocycles. The van der Waals surface area contributed by atoms with Gasteiger partial charge < -0.3 is 14.2 Å². The van der Waals surface area contributed by atoms with Gasteiger partial charge >= 0.3 is 17.9 Å². The van der Waals surface area contributed by atoms with Gasteiger partial charge in [0.15, 0.2) is 6.10 Å². The molecular formula is C51H94O6. The molecule has 0 radical (unpaired) electrons. The lowest BCUT2D eigenvalue weighted by atomic mass is 10.0. The van der Waals surface area contributed by atoms with Crippen LogP contribution in [0.2, 0.25) is 0 Å². The lowest BCUT2D eigenvalue weighted by Gasteiger charge is -2.18. The van der Waals surface area contributed by atoms with Crippen molar-refractivity contribution in [3.63, 3.8) is 0 Å². The second-order valence-electron chi connectivity index (χ2n) is 16.7. The van der Waals surface area contributed by atoms with Crippen molar-refractivity contribution in [2.75, 3.05) is 13.2 Å². The highest BCUT2D eigenvalue weighted by Gasteiger charge is 2.19. The fraction of sp³-hybridized carbons (Fsp3) is 0.863. The van der Waals surface area contributed by atoms with E-state index in [9.17, 15) is 14.4 Å². The van der Waals surface area contributed by atoms with Crippen LogP contribution in [-0.4, -0.2) is 37.2 Å². The Balaban J connectivity index is 4.23. The molecule has 0 N–H and O–H groups in total. The number of allylic oxidation sites excluding steroid dienone is 4. The molecule has 6 heteroatoms. The Morgan fingerprint density at radius 2 is 0.596 bits per heavy atom. The molecule has 6 nitrogen and oxygen atoms in total. The molecule has 0 aromatic rings. The SMILES string of the molecule is CCCC/C=C\CCCCCCC(=O)OCC(COC(=O)CCCCCCCCCCCCCCCCCCCCC)OC(=O)CCCCCC/C=C\CCCC. The van der Waals surface area contributed by atoms with Crippen LogP contribution in [0.15, 0.2) is 24.3 Å². The second-order valence-corrected chi connectivity index (χ2v) is 16.7. The number of hydrogen-bond donors (Lipinski definition) is 0. The van der Waals surface area contributed by atoms with E-state index in [4.69, 9.17) is 14.2 Å². The highest BCUT2D eigenvalue weighted by Crippen LogP contribution is 2.16. The molecule has 0 aliphatic heterocycles. The van der Waals surface area contributed by atoms with Crippen molar-refractivity contribution in [1.82, 2.24) is 0 Å². The Hall–Kier alpha value is -2.11. The van der Waals surface area contributed by atoms with E-state index in [0.29, 0.717) is 19.3 Å². The first-order valence-corrected chi connectivity index (χ1v) is 24.8. The van der Waals surface area contributed by atoms with Gasteiger partial charge in [-0.25, -0.2) is 0 Å². The zero-order chi connectivity index (χ0) is 41.5. The van der Waals surface area contributed by atoms with Crippen LogP contribution in [0.25, 0.3) is 0 Å². The molecule has 0 aromatic carbocycles. The summed E-state index contributed by atoms with van der Waals surface area (Å²) < 4.78 is 16.7. The van der Waals surface area contributed by atoms with Crippen LogP contribution < -0.4 is 0 Å². The third kappa shape index (κ3) is 44.8. The molecular weight excluding hydrogens is 709 g/mol. The van der Waals surface area contributed by atoms with Crippen LogP contribution in [0, 0.1) is 0 Å². The first-order chi connectivity index (χ1) is 28.0. The number of carbonyl (C=O) groups is 3. The predicted octanol–water partition coefficient (Wildman–Crippen LogP) is 16.0. The maximum atomic E-state index is 12.7. The summed E-state index contributed by atoms with van der Waals surface area (Å²) >= 11 is 0. The molecule has 0 spiro atoms. The molecule has 0 bridgehead atoms. The largest absolute Gasteiger partial charge is 0.462 e. The summed E-state index contributed by atoms with van der Waals surface area (Å²) in [6, 6.07) is 0. The monoisotopic (exact) mass is 803 g/mol. The molecule has 0 aliphatic carbocycles. The van der Waals surface area contributed by atoms with Crippen LogP contribution in [0.5, 0.6) is 0 Å². The van der Waals surface area contributed by atoms with E-state index in [1.54, 1.807) is 0 Å². The highest BCUT2D eigenvalue weighted by atomic mass is 16.6. The number of hydrogen-bond acceptors (Lipinski definition) is 6. The smallest absolute Gasteiger partial charge is 0.306 e. The molecule has 0 rings (SSSR count). The lowest BCUT2D eigenvalue weighted by molar-refractivity contribution is -0.167. The molecule has 57 heavy (non-hydrogen) atoms. The van der Waals surface area contributed by atoms with E-state index in [1.165, 1.54) is 128 Å². The zero-order valence-electron chi connectivity index (χ0n) is 38.1. The fourth-order valence-electron chi connectivity index (χ4n) is 7.11. The summed E-state index contributed by atoms with van der Waals surface area (Å²) in [5, 5.41) is 0. The first-order valence-electron chi connectivity index (χ1n) is 24.8. The van der Waals surface area contributed by atoms with Gasteiger partial charge in [-0.05, 0) is 57.8 Å². The standard InChI is InChI=1S/C51H94O6/c1-4-7-10-13-16-19-22-23-24-25-26-27-28-29-30-33-35-38-41-44-50(53)56-47-48(57-51(54)45-42-39-36-32-21-18-15-12-9-6-3)46-55-49(52)43-40-37-34-31-20-17-14-11-8-5-2/h14-15,17-18,48H,4-13,16,19-47H2,1-3H3/b17-14-,18-15-. The summed E-state index contributed by atoms with van der Waals surface area (Å²) in [5.74, 6) is -0.896. The Kier molecular flexibility index (Phi) is 44.9. The minimum atomic E-state index is -0.775. The van der Waals surface area contributed by atoms with Crippen LogP contribution in [0.1, 0.15) is 265 Å². The minimum Gasteiger partial charge on any atom is -0.462 e. The number of esters is 3. The van der Waals surface area contributed by atoms with Gasteiger partial charge in [0, 0.05) is 19.3 Å². The van der Waals surface area contributed by atoms with Crippen molar-refractivity contribution in [2.45, 2.75) is 271 Å². The van der Waals surface area contributed by atoms with E-state index in [0.717, 1.165) is 96.3 Å². The Morgan fingerprint density at radius 1 is 0.333 bits per heavy atom. The minimum absolute atomic E-state index is 0.0763. The van der Waals surface area contributed by atoms with Crippen molar-refractivity contribution in [1.29, 1.82) is 0 Å². The molecule has 0 fully saturated rings. The van der Waals surface area contributed by atoms with E-state index < -0.39 is 6.10 Å². The van der Waals surface area contributed by atoms with Gasteiger partial charge in [0.25, 0.3) is 0 Å². The molecule has 0 aliphatic rings. The second kappa shape index (κ2) is 46.6. The molecule has 1 unspecified atom stereocenters. The molecule has 0 saturated carbocycles. The quantitative estimate of drug-likeness (QED) is 0.0264. The van der Waals surface area contributed by atoms with E-state index in [1.807, 2.05) is 0 Å². The normalized spacial score (nSPS) is 12.1. The maximum Gasteiger partial charge on any atom is 0.306 e. The third-order valence-electron chi connectivity index (χ3n) is 10.9. The number of carbonyl (C=O) groups excluding carboxylic acids is 3. The van der Waals surface area contributed by atoms with Crippen molar-refractivity contribution in [3.05, 3.63) is 24.3 Å². The zero-order valence-corrected chi connectivity index (χ0v) is 38.1. The molecule has 0 amide bonds. The summed E-state index contributed by atoms with van der Waals surface area (Å²) in [6.45, 7) is 6.55. The average Bonchev–Trinajstić information content (AvgIpc) is 3.21. The Bertz CT molecular complexity index is 927. The van der Waals surface area contributed by atoms with E-state index in [-0.39, 0.29) is 31.1 Å². The van der Waals surface area contributed by atoms with Gasteiger partial charge in [0.05, 0.1) is 0 Å². The first kappa shape index (κ1) is 54.9. The van der Waals surface area contributed by atoms with E-state index >= 15 is 0 Å². The number of ether oxygens (including phenoxy) is 3. The number of rotatable bonds is 45. The van der Waals surface area contributed by atoms with Gasteiger partial charge in [-0.2, -0.15) is 0 Å². The summed E-state index contributed by atoms with van der Waals surface area (Å²) in [7, 11) is 0. The Morgan fingerprint density at radius 3 is 0.930 bits per heavy atom. The van der Waals surface area contributed by atoms with Gasteiger partial charge in [-0.15, -0.1) is 0 Å². The number of unbranched alkanes of at least 4 members (excludes halogenated alkanes) is 30. The van der Waals surface area contributed by atoms with Crippen LogP contribution in [0.3, 0.4) is 0 Å². The summed E-state index contributed by atoms with van der Waals surface area (Å²) in [4.78, 5) is 37.7. The van der Waals surface area contributed by atoms with Gasteiger partial charge in [0.2, 0.25) is 0 Å². The molecule has 334 valence electrons. The third-order valence-corrected chi connectivity index (χ3v) is 10.9. The fourth-order valence-corrected chi connectivity index (χ4v) is 7.11. The van der Waals surface area contributed by atoms with E-state index in [2.05, 4.69) is 45.1 Å². The lowest BCUT2D eigenvalue weighted by Crippen LogP contribution is -2.30. The molecule has 0 aromatic heterocycles. The van der Waals surface area contributed by atoms with Gasteiger partial charge in [0.1, 0.15) is 13.2 Å². The van der Waals surface area contributed by atoms with Crippen molar-refractivity contribution in [3.8, 4) is 0 Å². The van der Waals surface area contributed by atoms with Crippen molar-refractivity contribution in [2.24, 2.45) is 0 Å². The topological polar surface area (TPSA) is 78.9 Å². The molecule has 0 saturated heterocycles. The highest BCUT2D eigenvalue weighted by molar-refractivity contribution is 5.71. The van der Waals surface area contributed by atoms with Crippen LogP contribution >= 0.6 is 0 Å². The van der Waals surface area contributed by atoms with Crippen LogP contribution in [-0.2, 0) is 28.6 Å². The van der Waals surface area contributed by atoms with Gasteiger partial charge in [-0.3, -0.25) is 14.4 Å². The molecule has 1 atom stereocenters. The Labute approximate surface area is 353 Å². The summed E-state index contributed by atoms with van der Waals surface area (Å²) in [6.07, 6.45) is 51.7. The summed E-state index contributed by atoms with van der Waals surface area (Å²) in [5.41, 5.74) is 0. The predicted molar refractivity (Wildman–Crippen MR) is 243 cm³/mol. The van der Waals surface area contributed by atoms with Crippen molar-refractivity contribution >= 4 is 17.9 Å².